The quantitative estimate of drug-likeness (QED) is 0.731. The number of ether oxygens (including phenoxy) is 1. The summed E-state index contributed by atoms with van der Waals surface area (Å²) in [6, 6.07) is 5.20. The molecule has 0 saturated carbocycles. The van der Waals surface area contributed by atoms with E-state index in [-0.39, 0.29) is 10.8 Å². The fraction of sp³-hybridized carbons (Fsp3) is 0.100. The molecule has 0 atom stereocenters. The number of aldehydes is 1. The maximum absolute atomic E-state index is 10.6. The normalized spacial score (nSPS) is 10.3. The molecule has 0 spiro atoms. The molecule has 0 unspecified atom stereocenters. The molecule has 1 heterocycles. The van der Waals surface area contributed by atoms with Crippen molar-refractivity contribution in [3.05, 3.63) is 29.0 Å². The van der Waals surface area contributed by atoms with Crippen LogP contribution in [0.3, 0.4) is 0 Å². The summed E-state index contributed by atoms with van der Waals surface area (Å²) < 4.78 is 5.04. The molecule has 4 nitrogen and oxygen atoms in total. The van der Waals surface area contributed by atoms with Crippen molar-refractivity contribution >= 4 is 28.9 Å². The molecule has 5 heteroatoms. The van der Waals surface area contributed by atoms with E-state index in [1.54, 1.807) is 25.3 Å². The molecule has 0 amide bonds. The number of methoxy groups -OCH3 is 1. The zero-order valence-electron chi connectivity index (χ0n) is 7.90. The molecule has 0 N–H and O–H groups in total. The Hall–Kier alpha value is -1.68. The van der Waals surface area contributed by atoms with Crippen LogP contribution in [0.15, 0.2) is 18.2 Å². The van der Waals surface area contributed by atoms with Crippen molar-refractivity contribution in [3.63, 3.8) is 0 Å². The first-order chi connectivity index (χ1) is 7.24. The summed E-state index contributed by atoms with van der Waals surface area (Å²) in [4.78, 5) is 18.7. The van der Waals surface area contributed by atoms with Gasteiger partial charge in [0.25, 0.3) is 0 Å². The van der Waals surface area contributed by atoms with Gasteiger partial charge in [-0.05, 0) is 12.1 Å². The van der Waals surface area contributed by atoms with Crippen molar-refractivity contribution in [2.45, 2.75) is 0 Å². The van der Waals surface area contributed by atoms with Crippen LogP contribution in [0.1, 0.15) is 10.5 Å². The Balaban J connectivity index is 2.71. The van der Waals surface area contributed by atoms with Crippen LogP contribution in [0.4, 0.5) is 0 Å². The maximum Gasteiger partial charge on any atom is 0.171 e. The molecule has 0 saturated heterocycles. The van der Waals surface area contributed by atoms with Crippen LogP contribution in [-0.4, -0.2) is 23.4 Å². The first kappa shape index (κ1) is 9.86. The van der Waals surface area contributed by atoms with E-state index in [2.05, 4.69) is 9.97 Å². The molecule has 2 aromatic rings. The topological polar surface area (TPSA) is 52.1 Å². The SMILES string of the molecule is COc1ccc2nc(Cl)c(C=O)nc2c1. The molecule has 0 aliphatic carbocycles. The highest BCUT2D eigenvalue weighted by Crippen LogP contribution is 2.20. The summed E-state index contributed by atoms with van der Waals surface area (Å²) in [5.41, 5.74) is 1.35. The molecule has 1 aromatic heterocycles. The van der Waals surface area contributed by atoms with E-state index in [1.807, 2.05) is 0 Å². The first-order valence-electron chi connectivity index (χ1n) is 4.21. The molecule has 0 aliphatic heterocycles. The summed E-state index contributed by atoms with van der Waals surface area (Å²) in [5.74, 6) is 0.663. The lowest BCUT2D eigenvalue weighted by Gasteiger charge is -2.02. The van der Waals surface area contributed by atoms with Gasteiger partial charge in [-0.1, -0.05) is 11.6 Å². The van der Waals surface area contributed by atoms with Crippen molar-refractivity contribution in [2.75, 3.05) is 7.11 Å². The number of hydrogen-bond acceptors (Lipinski definition) is 4. The molecule has 15 heavy (non-hydrogen) atoms. The lowest BCUT2D eigenvalue weighted by atomic mass is 10.3. The number of benzene rings is 1. The summed E-state index contributed by atoms with van der Waals surface area (Å²) in [6.07, 6.45) is 0.578. The molecule has 1 aromatic carbocycles. The zero-order chi connectivity index (χ0) is 10.8. The van der Waals surface area contributed by atoms with Crippen molar-refractivity contribution in [2.24, 2.45) is 0 Å². The van der Waals surface area contributed by atoms with Gasteiger partial charge >= 0.3 is 0 Å². The van der Waals surface area contributed by atoms with Gasteiger partial charge in [-0.3, -0.25) is 4.79 Å². The van der Waals surface area contributed by atoms with Gasteiger partial charge in [-0.2, -0.15) is 0 Å². The van der Waals surface area contributed by atoms with Gasteiger partial charge in [0, 0.05) is 6.07 Å². The Morgan fingerprint density at radius 2 is 2.13 bits per heavy atom. The van der Waals surface area contributed by atoms with Crippen LogP contribution in [0.2, 0.25) is 5.15 Å². The Labute approximate surface area is 90.9 Å². The zero-order valence-corrected chi connectivity index (χ0v) is 8.65. The highest BCUT2D eigenvalue weighted by Gasteiger charge is 2.06. The van der Waals surface area contributed by atoms with Gasteiger partial charge in [0.15, 0.2) is 11.4 Å². The van der Waals surface area contributed by atoms with Crippen LogP contribution in [0, 0.1) is 0 Å². The van der Waals surface area contributed by atoms with E-state index in [0.29, 0.717) is 23.1 Å². The Bertz CT molecular complexity index is 528. The average Bonchev–Trinajstić information content (AvgIpc) is 2.27. The monoisotopic (exact) mass is 222 g/mol. The molecular formula is C10H7ClN2O2. The van der Waals surface area contributed by atoms with E-state index in [1.165, 1.54) is 0 Å². The van der Waals surface area contributed by atoms with Crippen molar-refractivity contribution in [1.82, 2.24) is 9.97 Å². The van der Waals surface area contributed by atoms with E-state index in [0.717, 1.165) is 0 Å². The predicted octanol–water partition coefficient (Wildman–Crippen LogP) is 2.10. The molecule has 0 radical (unpaired) electrons. The fourth-order valence-electron chi connectivity index (χ4n) is 1.23. The number of carbonyl (C=O) groups is 1. The van der Waals surface area contributed by atoms with Gasteiger partial charge in [-0.25, -0.2) is 9.97 Å². The van der Waals surface area contributed by atoms with E-state index in [4.69, 9.17) is 16.3 Å². The minimum absolute atomic E-state index is 0.114. The molecule has 2 rings (SSSR count). The summed E-state index contributed by atoms with van der Waals surface area (Å²) >= 11 is 5.74. The standard InChI is InChI=1S/C10H7ClN2O2/c1-15-6-2-3-7-8(4-6)12-9(5-14)10(11)13-7/h2-5H,1H3. The first-order valence-corrected chi connectivity index (χ1v) is 4.59. The number of nitrogens with zero attached hydrogens (tertiary/aromatic N) is 2. The Morgan fingerprint density at radius 1 is 1.33 bits per heavy atom. The second kappa shape index (κ2) is 3.82. The second-order valence-corrected chi connectivity index (χ2v) is 3.23. The van der Waals surface area contributed by atoms with E-state index in [9.17, 15) is 4.79 Å². The number of carbonyl (C=O) groups excluding carboxylic acids is 1. The van der Waals surface area contributed by atoms with Crippen LogP contribution < -0.4 is 4.74 Å². The minimum Gasteiger partial charge on any atom is -0.497 e. The number of hydrogen-bond donors (Lipinski definition) is 0. The van der Waals surface area contributed by atoms with Crippen LogP contribution in [0.25, 0.3) is 11.0 Å². The van der Waals surface area contributed by atoms with E-state index < -0.39 is 0 Å². The van der Waals surface area contributed by atoms with Gasteiger partial charge in [0.05, 0.1) is 18.1 Å². The number of rotatable bonds is 2. The predicted molar refractivity (Wildman–Crippen MR) is 56.5 cm³/mol. The second-order valence-electron chi connectivity index (χ2n) is 2.87. The number of fused-ring (bicyclic) bond motifs is 1. The van der Waals surface area contributed by atoms with Gasteiger partial charge < -0.3 is 4.74 Å². The van der Waals surface area contributed by atoms with Gasteiger partial charge in [0.2, 0.25) is 0 Å². The van der Waals surface area contributed by atoms with E-state index >= 15 is 0 Å². The Morgan fingerprint density at radius 3 is 2.80 bits per heavy atom. The van der Waals surface area contributed by atoms with Gasteiger partial charge in [-0.15, -0.1) is 0 Å². The number of aromatic nitrogens is 2. The highest BCUT2D eigenvalue weighted by molar-refractivity contribution is 6.31. The highest BCUT2D eigenvalue weighted by atomic mass is 35.5. The lowest BCUT2D eigenvalue weighted by molar-refractivity contribution is 0.111. The number of halogens is 1. The molecular weight excluding hydrogens is 216 g/mol. The summed E-state index contributed by atoms with van der Waals surface area (Å²) in [7, 11) is 1.56. The van der Waals surface area contributed by atoms with Crippen LogP contribution >= 0.6 is 11.6 Å². The molecule has 0 bridgehead atoms. The lowest BCUT2D eigenvalue weighted by Crippen LogP contribution is -1.94. The fourth-order valence-corrected chi connectivity index (χ4v) is 1.41. The van der Waals surface area contributed by atoms with Crippen molar-refractivity contribution in [1.29, 1.82) is 0 Å². The van der Waals surface area contributed by atoms with Crippen molar-refractivity contribution in [3.8, 4) is 5.75 Å². The van der Waals surface area contributed by atoms with Gasteiger partial charge in [0.1, 0.15) is 11.4 Å². The smallest absolute Gasteiger partial charge is 0.171 e. The minimum atomic E-state index is 0.114. The summed E-state index contributed by atoms with van der Waals surface area (Å²) in [5, 5.41) is 0.114. The van der Waals surface area contributed by atoms with Crippen LogP contribution in [0.5, 0.6) is 5.75 Å². The van der Waals surface area contributed by atoms with Crippen LogP contribution in [-0.2, 0) is 0 Å². The Kier molecular flexibility index (Phi) is 2.51. The molecule has 0 fully saturated rings. The molecule has 76 valence electrons. The third kappa shape index (κ3) is 1.76. The third-order valence-electron chi connectivity index (χ3n) is 1.97. The maximum atomic E-state index is 10.6. The summed E-state index contributed by atoms with van der Waals surface area (Å²) in [6.45, 7) is 0. The third-order valence-corrected chi connectivity index (χ3v) is 2.24. The van der Waals surface area contributed by atoms with Crippen molar-refractivity contribution < 1.29 is 9.53 Å². The molecule has 0 aliphatic rings. The average molecular weight is 223 g/mol. The largest absolute Gasteiger partial charge is 0.497 e.